The van der Waals surface area contributed by atoms with E-state index in [9.17, 15) is 9.59 Å². The molecule has 0 radical (unpaired) electrons. The molecule has 2 amide bonds. The number of aromatic nitrogens is 4. The van der Waals surface area contributed by atoms with Gasteiger partial charge < -0.3 is 19.5 Å². The van der Waals surface area contributed by atoms with E-state index in [1.54, 1.807) is 13.2 Å². The lowest BCUT2D eigenvalue weighted by atomic mass is 9.96. The van der Waals surface area contributed by atoms with E-state index in [-0.39, 0.29) is 11.8 Å². The van der Waals surface area contributed by atoms with Gasteiger partial charge >= 0.3 is 0 Å². The second-order valence-electron chi connectivity index (χ2n) is 10.2. The number of likely N-dealkylation sites (tertiary alicyclic amines) is 1. The van der Waals surface area contributed by atoms with E-state index in [4.69, 9.17) is 4.74 Å². The van der Waals surface area contributed by atoms with Gasteiger partial charge in [0.15, 0.2) is 5.82 Å². The number of fused-ring (bicyclic) bond motifs is 1. The summed E-state index contributed by atoms with van der Waals surface area (Å²) in [4.78, 5) is 34.9. The molecular weight excluding hydrogens is 494 g/mol. The molecule has 0 atom stereocenters. The Morgan fingerprint density at radius 1 is 1.05 bits per heavy atom. The molecule has 2 aliphatic rings. The van der Waals surface area contributed by atoms with Crippen molar-refractivity contribution >= 4 is 17.6 Å². The minimum absolute atomic E-state index is 0.189. The third-order valence-corrected chi connectivity index (χ3v) is 7.49. The summed E-state index contributed by atoms with van der Waals surface area (Å²) >= 11 is 0. The van der Waals surface area contributed by atoms with Crippen molar-refractivity contribution in [1.82, 2.24) is 29.5 Å². The molecule has 0 spiro atoms. The van der Waals surface area contributed by atoms with Crippen molar-refractivity contribution in [3.8, 4) is 17.3 Å². The smallest absolute Gasteiger partial charge is 0.260 e. The van der Waals surface area contributed by atoms with E-state index in [0.717, 1.165) is 75.2 Å². The summed E-state index contributed by atoms with van der Waals surface area (Å²) in [6.07, 6.45) is 4.72. The lowest BCUT2D eigenvalue weighted by Gasteiger charge is -2.30. The summed E-state index contributed by atoms with van der Waals surface area (Å²) in [5.74, 6) is 2.46. The Kier molecular flexibility index (Phi) is 8.21. The van der Waals surface area contributed by atoms with Crippen molar-refractivity contribution in [1.29, 1.82) is 0 Å². The first-order valence-corrected chi connectivity index (χ1v) is 13.9. The van der Waals surface area contributed by atoms with Crippen LogP contribution in [0.5, 0.6) is 5.75 Å². The van der Waals surface area contributed by atoms with Crippen LogP contribution in [0.25, 0.3) is 11.5 Å². The Hall–Kier alpha value is -3.79. The van der Waals surface area contributed by atoms with E-state index in [2.05, 4.69) is 43.8 Å². The summed E-state index contributed by atoms with van der Waals surface area (Å²) in [6, 6.07) is 9.34. The maximum Gasteiger partial charge on any atom is 0.260 e. The highest BCUT2D eigenvalue weighted by Crippen LogP contribution is 2.29. The van der Waals surface area contributed by atoms with E-state index in [1.807, 2.05) is 29.2 Å². The number of nitrogens with one attached hydrogen (secondary N) is 1. The molecule has 10 heteroatoms. The number of carbonyl (C=O) groups is 2. The predicted octanol–water partition coefficient (Wildman–Crippen LogP) is 3.55. The van der Waals surface area contributed by atoms with Crippen LogP contribution in [0.4, 0.5) is 5.82 Å². The standard InChI is InChI=1S/C29H37N7O3/c1-4-12-36-26(5-2)32-33-28(36)23-9-8-10-25(30-23)31-29(38)22-16-21-18-34(15-11-20(21)17-24(22)39-3)19-27(37)35-13-6-7-14-35/h8-10,16-17H,4-7,11-15,18-19H2,1-3H3,(H,30,31,38). The molecule has 2 aliphatic heterocycles. The van der Waals surface area contributed by atoms with Gasteiger partial charge in [0.05, 0.1) is 19.2 Å². The summed E-state index contributed by atoms with van der Waals surface area (Å²) in [5, 5.41) is 11.6. The highest BCUT2D eigenvalue weighted by molar-refractivity contribution is 6.06. The van der Waals surface area contributed by atoms with Crippen LogP contribution in [0.15, 0.2) is 30.3 Å². The van der Waals surface area contributed by atoms with Crippen molar-refractivity contribution in [3.63, 3.8) is 0 Å². The predicted molar refractivity (Wildman–Crippen MR) is 149 cm³/mol. The molecule has 39 heavy (non-hydrogen) atoms. The first-order chi connectivity index (χ1) is 19.0. The van der Waals surface area contributed by atoms with E-state index < -0.39 is 0 Å². The van der Waals surface area contributed by atoms with Gasteiger partial charge in [0.2, 0.25) is 5.91 Å². The Morgan fingerprint density at radius 2 is 1.87 bits per heavy atom. The zero-order chi connectivity index (χ0) is 27.4. The van der Waals surface area contributed by atoms with Gasteiger partial charge in [-0.25, -0.2) is 4.98 Å². The Balaban J connectivity index is 1.34. The van der Waals surface area contributed by atoms with Crippen LogP contribution in [0.3, 0.4) is 0 Å². The molecule has 4 heterocycles. The number of anilines is 1. The topological polar surface area (TPSA) is 105 Å². The van der Waals surface area contributed by atoms with Crippen LogP contribution < -0.4 is 10.1 Å². The van der Waals surface area contributed by atoms with Crippen molar-refractivity contribution in [2.75, 3.05) is 38.6 Å². The largest absolute Gasteiger partial charge is 0.496 e. The number of hydrogen-bond acceptors (Lipinski definition) is 7. The zero-order valence-corrected chi connectivity index (χ0v) is 23.1. The van der Waals surface area contributed by atoms with Crippen molar-refractivity contribution in [2.24, 2.45) is 0 Å². The van der Waals surface area contributed by atoms with Crippen LogP contribution in [-0.4, -0.2) is 74.7 Å². The Morgan fingerprint density at radius 3 is 2.62 bits per heavy atom. The Labute approximate surface area is 229 Å². The van der Waals surface area contributed by atoms with Gasteiger partial charge in [0, 0.05) is 39.1 Å². The molecule has 1 fully saturated rings. The fourth-order valence-electron chi connectivity index (χ4n) is 5.44. The first-order valence-electron chi connectivity index (χ1n) is 13.9. The molecular formula is C29H37N7O3. The van der Waals surface area contributed by atoms with Gasteiger partial charge in [0.1, 0.15) is 23.1 Å². The molecule has 1 N–H and O–H groups in total. The van der Waals surface area contributed by atoms with Gasteiger partial charge in [-0.1, -0.05) is 19.9 Å². The number of nitrogens with zero attached hydrogens (tertiary/aromatic N) is 6. The van der Waals surface area contributed by atoms with Crippen molar-refractivity contribution in [3.05, 3.63) is 52.8 Å². The number of aryl methyl sites for hydroxylation is 1. The lowest BCUT2D eigenvalue weighted by Crippen LogP contribution is -2.41. The number of methoxy groups -OCH3 is 1. The maximum atomic E-state index is 13.4. The molecule has 2 aromatic heterocycles. The number of rotatable bonds is 9. The molecule has 1 saturated heterocycles. The monoisotopic (exact) mass is 531 g/mol. The Bertz CT molecular complexity index is 1350. The number of ether oxygens (including phenoxy) is 1. The van der Waals surface area contributed by atoms with Gasteiger partial charge in [0.25, 0.3) is 5.91 Å². The molecule has 0 aliphatic carbocycles. The number of benzene rings is 1. The number of pyridine rings is 1. The molecule has 206 valence electrons. The van der Waals surface area contributed by atoms with Gasteiger partial charge in [-0.3, -0.25) is 14.5 Å². The second-order valence-corrected chi connectivity index (χ2v) is 10.2. The zero-order valence-electron chi connectivity index (χ0n) is 23.1. The minimum atomic E-state index is -0.297. The second kappa shape index (κ2) is 11.9. The number of hydrogen-bond donors (Lipinski definition) is 1. The third-order valence-electron chi connectivity index (χ3n) is 7.49. The molecule has 0 saturated carbocycles. The van der Waals surface area contributed by atoms with Gasteiger partial charge in [-0.15, -0.1) is 10.2 Å². The minimum Gasteiger partial charge on any atom is -0.496 e. The van der Waals surface area contributed by atoms with Crippen molar-refractivity contribution in [2.45, 2.75) is 59.0 Å². The number of carbonyl (C=O) groups excluding carboxylic acids is 2. The highest BCUT2D eigenvalue weighted by Gasteiger charge is 2.26. The fraction of sp³-hybridized carbons (Fsp3) is 0.483. The van der Waals surface area contributed by atoms with Crippen LogP contribution in [0.1, 0.15) is 60.4 Å². The molecule has 0 bridgehead atoms. The quantitative estimate of drug-likeness (QED) is 0.450. The summed E-state index contributed by atoms with van der Waals surface area (Å²) in [6.45, 7) is 8.53. The van der Waals surface area contributed by atoms with E-state index in [1.165, 1.54) is 0 Å². The normalized spacial score (nSPS) is 15.3. The average molecular weight is 532 g/mol. The molecule has 5 rings (SSSR count). The average Bonchev–Trinajstić information content (AvgIpc) is 3.63. The first kappa shape index (κ1) is 26.8. The maximum absolute atomic E-state index is 13.4. The molecule has 1 aromatic carbocycles. The van der Waals surface area contributed by atoms with Crippen LogP contribution >= 0.6 is 0 Å². The summed E-state index contributed by atoms with van der Waals surface area (Å²) in [5.41, 5.74) is 3.29. The van der Waals surface area contributed by atoms with E-state index in [0.29, 0.717) is 41.7 Å². The lowest BCUT2D eigenvalue weighted by molar-refractivity contribution is -0.131. The molecule has 10 nitrogen and oxygen atoms in total. The van der Waals surface area contributed by atoms with Crippen molar-refractivity contribution < 1.29 is 14.3 Å². The van der Waals surface area contributed by atoms with Gasteiger partial charge in [-0.05, 0) is 61.1 Å². The molecule has 3 aromatic rings. The van der Waals surface area contributed by atoms with Crippen LogP contribution in [-0.2, 0) is 30.7 Å². The SMILES string of the molecule is CCCn1c(CC)nnc1-c1cccc(NC(=O)c2cc3c(cc2OC)CCN(CC(=O)N2CCCC2)C3)n1. The summed E-state index contributed by atoms with van der Waals surface area (Å²) in [7, 11) is 1.58. The summed E-state index contributed by atoms with van der Waals surface area (Å²) < 4.78 is 7.69. The third kappa shape index (κ3) is 5.80. The fourth-order valence-corrected chi connectivity index (χ4v) is 5.44. The van der Waals surface area contributed by atoms with E-state index >= 15 is 0 Å². The van der Waals surface area contributed by atoms with Crippen LogP contribution in [0, 0.1) is 0 Å². The van der Waals surface area contributed by atoms with Gasteiger partial charge in [-0.2, -0.15) is 0 Å². The highest BCUT2D eigenvalue weighted by atomic mass is 16.5. The van der Waals surface area contributed by atoms with Crippen LogP contribution in [0.2, 0.25) is 0 Å². The number of amides is 2. The molecule has 0 unspecified atom stereocenters.